The van der Waals surface area contributed by atoms with Gasteiger partial charge in [0.15, 0.2) is 0 Å². The van der Waals surface area contributed by atoms with Crippen LogP contribution in [0.25, 0.3) is 11.3 Å². The Hall–Kier alpha value is -2.68. The van der Waals surface area contributed by atoms with Gasteiger partial charge in [-0.2, -0.15) is 5.10 Å². The fourth-order valence-electron chi connectivity index (χ4n) is 3.85. The van der Waals surface area contributed by atoms with Gasteiger partial charge in [0.05, 0.1) is 18.4 Å². The van der Waals surface area contributed by atoms with Crippen molar-refractivity contribution in [2.24, 2.45) is 0 Å². The Bertz CT molecular complexity index is 1190. The zero-order valence-electron chi connectivity index (χ0n) is 17.7. The van der Waals surface area contributed by atoms with Gasteiger partial charge in [-0.25, -0.2) is 12.7 Å². The number of nitrogens with one attached hydrogen (secondary N) is 1. The summed E-state index contributed by atoms with van der Waals surface area (Å²) >= 11 is 6.03. The Morgan fingerprint density at radius 2 is 1.75 bits per heavy atom. The third-order valence-corrected chi connectivity index (χ3v) is 7.12. The number of hydrogen-bond acceptors (Lipinski definition) is 4. The molecule has 0 spiro atoms. The van der Waals surface area contributed by atoms with E-state index in [4.69, 9.17) is 11.6 Å². The Labute approximate surface area is 193 Å². The van der Waals surface area contributed by atoms with Crippen LogP contribution in [-0.4, -0.2) is 53.8 Å². The number of halogens is 1. The molecule has 1 aliphatic rings. The number of nitrogens with zero attached hydrogens (tertiary/aromatic N) is 3. The molecule has 4 rings (SSSR count). The molecule has 2 aromatic carbocycles. The van der Waals surface area contributed by atoms with Gasteiger partial charge in [-0.15, -0.1) is 0 Å². The average molecular weight is 473 g/mol. The van der Waals surface area contributed by atoms with E-state index in [0.717, 1.165) is 11.1 Å². The molecule has 1 amide bonds. The summed E-state index contributed by atoms with van der Waals surface area (Å²) in [6, 6.07) is 17.1. The highest BCUT2D eigenvalue weighted by Crippen LogP contribution is 2.25. The third-order valence-electron chi connectivity index (χ3n) is 5.57. The molecule has 3 aromatic rings. The van der Waals surface area contributed by atoms with Crippen LogP contribution in [0, 0.1) is 0 Å². The van der Waals surface area contributed by atoms with E-state index in [1.54, 1.807) is 23.0 Å². The zero-order valence-corrected chi connectivity index (χ0v) is 19.3. The number of amides is 1. The van der Waals surface area contributed by atoms with Gasteiger partial charge in [-0.05, 0) is 30.5 Å². The molecule has 1 aromatic heterocycles. The molecule has 9 heteroatoms. The van der Waals surface area contributed by atoms with Gasteiger partial charge in [-0.1, -0.05) is 54.1 Å². The van der Waals surface area contributed by atoms with Crippen molar-refractivity contribution >= 4 is 27.5 Å². The van der Waals surface area contributed by atoms with Crippen molar-refractivity contribution < 1.29 is 13.2 Å². The predicted octanol–water partition coefficient (Wildman–Crippen LogP) is 3.41. The van der Waals surface area contributed by atoms with Crippen LogP contribution in [-0.2, 0) is 16.6 Å². The smallest absolute Gasteiger partial charge is 0.255 e. The molecule has 0 bridgehead atoms. The van der Waals surface area contributed by atoms with E-state index >= 15 is 0 Å². The van der Waals surface area contributed by atoms with Crippen molar-refractivity contribution in [1.29, 1.82) is 0 Å². The van der Waals surface area contributed by atoms with Gasteiger partial charge in [0.2, 0.25) is 10.0 Å². The summed E-state index contributed by atoms with van der Waals surface area (Å²) < 4.78 is 26.7. The summed E-state index contributed by atoms with van der Waals surface area (Å²) in [5.74, 6) is -0.216. The highest BCUT2D eigenvalue weighted by atomic mass is 35.5. The number of aromatic nitrogens is 2. The molecular formula is C23H25ClN4O3S. The summed E-state index contributed by atoms with van der Waals surface area (Å²) in [6.45, 7) is 1.35. The number of carbonyl (C=O) groups is 1. The summed E-state index contributed by atoms with van der Waals surface area (Å²) in [5.41, 5.74) is 2.95. The fraction of sp³-hybridized carbons (Fsp3) is 0.304. The molecule has 7 nitrogen and oxygen atoms in total. The van der Waals surface area contributed by atoms with E-state index < -0.39 is 10.0 Å². The summed E-state index contributed by atoms with van der Waals surface area (Å²) in [4.78, 5) is 13.2. The summed E-state index contributed by atoms with van der Waals surface area (Å²) in [6.07, 6.45) is 4.13. The molecule has 0 aliphatic carbocycles. The number of carbonyl (C=O) groups excluding carboxylic acids is 1. The van der Waals surface area contributed by atoms with Crippen LogP contribution in [0.5, 0.6) is 0 Å². The molecule has 0 saturated carbocycles. The first kappa shape index (κ1) is 22.5. The Kier molecular flexibility index (Phi) is 6.64. The molecule has 0 unspecified atom stereocenters. The average Bonchev–Trinajstić information content (AvgIpc) is 3.18. The number of rotatable bonds is 6. The molecule has 0 radical (unpaired) electrons. The molecule has 32 heavy (non-hydrogen) atoms. The van der Waals surface area contributed by atoms with Crippen LogP contribution in [0.3, 0.4) is 0 Å². The van der Waals surface area contributed by atoms with Crippen molar-refractivity contribution in [2.45, 2.75) is 25.4 Å². The molecule has 1 N–H and O–H groups in total. The van der Waals surface area contributed by atoms with Crippen LogP contribution in [0.1, 0.15) is 28.8 Å². The fourth-order valence-corrected chi connectivity index (χ4v) is 4.86. The second-order valence-electron chi connectivity index (χ2n) is 7.99. The second-order valence-corrected chi connectivity index (χ2v) is 10.4. The van der Waals surface area contributed by atoms with Crippen LogP contribution in [0.15, 0.2) is 60.8 Å². The highest BCUT2D eigenvalue weighted by molar-refractivity contribution is 7.88. The number of benzene rings is 2. The van der Waals surface area contributed by atoms with Crippen LogP contribution < -0.4 is 5.32 Å². The van der Waals surface area contributed by atoms with E-state index in [-0.39, 0.29) is 11.9 Å². The summed E-state index contributed by atoms with van der Waals surface area (Å²) in [7, 11) is -3.21. The maximum Gasteiger partial charge on any atom is 0.255 e. The minimum Gasteiger partial charge on any atom is -0.349 e. The number of hydrogen-bond donors (Lipinski definition) is 1. The largest absolute Gasteiger partial charge is 0.349 e. The van der Waals surface area contributed by atoms with Gasteiger partial charge in [0.1, 0.15) is 5.69 Å². The monoisotopic (exact) mass is 472 g/mol. The van der Waals surface area contributed by atoms with Crippen molar-refractivity contribution in [3.05, 3.63) is 76.9 Å². The second kappa shape index (κ2) is 9.44. The standard InChI is InChI=1S/C23H25ClN4O3S/c1-32(30,31)28-13-11-20(12-14-28)25-23(29)21-16-27(15-17-5-3-2-4-6-17)26-22(21)18-7-9-19(24)10-8-18/h2-10,16,20H,11-15H2,1H3,(H,25,29). The van der Waals surface area contributed by atoms with E-state index in [1.165, 1.54) is 10.6 Å². The van der Waals surface area contributed by atoms with Crippen LogP contribution in [0.4, 0.5) is 0 Å². The Morgan fingerprint density at radius 3 is 2.38 bits per heavy atom. The third kappa shape index (κ3) is 5.38. The minimum absolute atomic E-state index is 0.0870. The van der Waals surface area contributed by atoms with Gasteiger partial charge in [0, 0.05) is 35.9 Å². The van der Waals surface area contributed by atoms with Gasteiger partial charge < -0.3 is 5.32 Å². The van der Waals surface area contributed by atoms with Crippen LogP contribution >= 0.6 is 11.6 Å². The quantitative estimate of drug-likeness (QED) is 0.595. The Balaban J connectivity index is 1.56. The van der Waals surface area contributed by atoms with E-state index in [1.807, 2.05) is 42.5 Å². The van der Waals surface area contributed by atoms with Crippen LogP contribution in [0.2, 0.25) is 5.02 Å². The first-order valence-electron chi connectivity index (χ1n) is 10.4. The van der Waals surface area contributed by atoms with Gasteiger partial charge >= 0.3 is 0 Å². The van der Waals surface area contributed by atoms with Crippen molar-refractivity contribution in [1.82, 2.24) is 19.4 Å². The topological polar surface area (TPSA) is 84.3 Å². The maximum absolute atomic E-state index is 13.2. The molecule has 1 saturated heterocycles. The SMILES string of the molecule is CS(=O)(=O)N1CCC(NC(=O)c2cn(Cc3ccccc3)nc2-c2ccc(Cl)cc2)CC1. The van der Waals surface area contributed by atoms with Gasteiger partial charge in [-0.3, -0.25) is 9.48 Å². The minimum atomic E-state index is -3.21. The lowest BCUT2D eigenvalue weighted by Crippen LogP contribution is -2.46. The first-order chi connectivity index (χ1) is 15.3. The molecule has 0 atom stereocenters. The van der Waals surface area contributed by atoms with Crippen molar-refractivity contribution in [3.63, 3.8) is 0 Å². The number of piperidine rings is 1. The molecule has 1 aliphatic heterocycles. The van der Waals surface area contributed by atoms with E-state index in [2.05, 4.69) is 10.4 Å². The zero-order chi connectivity index (χ0) is 22.7. The van der Waals surface area contributed by atoms with Gasteiger partial charge in [0.25, 0.3) is 5.91 Å². The Morgan fingerprint density at radius 1 is 1.09 bits per heavy atom. The molecule has 1 fully saturated rings. The lowest BCUT2D eigenvalue weighted by atomic mass is 10.0. The van der Waals surface area contributed by atoms with Crippen molar-refractivity contribution in [2.75, 3.05) is 19.3 Å². The lowest BCUT2D eigenvalue weighted by Gasteiger charge is -2.30. The molecule has 168 valence electrons. The van der Waals surface area contributed by atoms with E-state index in [0.29, 0.717) is 48.8 Å². The van der Waals surface area contributed by atoms with Crippen molar-refractivity contribution in [3.8, 4) is 11.3 Å². The normalized spacial score (nSPS) is 15.6. The number of sulfonamides is 1. The molecular weight excluding hydrogens is 448 g/mol. The lowest BCUT2D eigenvalue weighted by molar-refractivity contribution is 0.0924. The predicted molar refractivity (Wildman–Crippen MR) is 125 cm³/mol. The highest BCUT2D eigenvalue weighted by Gasteiger charge is 2.27. The maximum atomic E-state index is 13.2. The first-order valence-corrected chi connectivity index (χ1v) is 12.7. The molecule has 2 heterocycles. The van der Waals surface area contributed by atoms with E-state index in [9.17, 15) is 13.2 Å². The summed E-state index contributed by atoms with van der Waals surface area (Å²) in [5, 5.41) is 8.37.